The van der Waals surface area contributed by atoms with Crippen LogP contribution in [0.1, 0.15) is 18.4 Å². The fourth-order valence-electron chi connectivity index (χ4n) is 5.48. The van der Waals surface area contributed by atoms with E-state index in [-0.39, 0.29) is 19.6 Å². The smallest absolute Gasteiger partial charge is 0.378 e. The number of pyridine rings is 1. The molecule has 3 N–H and O–H groups in total. The topological polar surface area (TPSA) is 87.0 Å². The molecule has 40 heavy (non-hydrogen) atoms. The Morgan fingerprint density at radius 3 is 2.45 bits per heavy atom. The lowest BCUT2D eigenvalue weighted by molar-refractivity contribution is -0.143. The zero-order chi connectivity index (χ0) is 28.7. The number of carbonyl (C=O) groups is 1. The summed E-state index contributed by atoms with van der Waals surface area (Å²) < 4.78 is 72.4. The molecule has 8 nitrogen and oxygen atoms in total. The van der Waals surface area contributed by atoms with E-state index in [0.29, 0.717) is 50.0 Å². The molecule has 3 aliphatic heterocycles. The second-order valence-electron chi connectivity index (χ2n) is 10.8. The first kappa shape index (κ1) is 28.3. The molecule has 2 aromatic rings. The maximum Gasteiger partial charge on any atom is 0.389 e. The van der Waals surface area contributed by atoms with Crippen molar-refractivity contribution >= 4 is 23.4 Å². The molecule has 3 aliphatic rings. The number of likely N-dealkylation sites (tertiary alicyclic amines) is 1. The second-order valence-corrected chi connectivity index (χ2v) is 10.8. The Labute approximate surface area is 229 Å². The van der Waals surface area contributed by atoms with Gasteiger partial charge in [-0.3, -0.25) is 0 Å². The van der Waals surface area contributed by atoms with E-state index in [4.69, 9.17) is 15.5 Å². The number of aromatic nitrogens is 1. The molecule has 218 valence electrons. The lowest BCUT2D eigenvalue weighted by Crippen LogP contribution is -2.38. The zero-order valence-corrected chi connectivity index (χ0v) is 22.2. The van der Waals surface area contributed by atoms with Crippen LogP contribution < -0.4 is 20.9 Å². The van der Waals surface area contributed by atoms with Crippen molar-refractivity contribution in [3.8, 4) is 11.1 Å². The Kier molecular flexibility index (Phi) is 7.79. The number of hydrogen-bond donors (Lipinski definition) is 2. The zero-order valence-electron chi connectivity index (χ0n) is 22.2. The van der Waals surface area contributed by atoms with Gasteiger partial charge in [0, 0.05) is 44.8 Å². The predicted octanol–water partition coefficient (Wildman–Crippen LogP) is 4.48. The van der Waals surface area contributed by atoms with Crippen LogP contribution in [0.5, 0.6) is 0 Å². The van der Waals surface area contributed by atoms with Gasteiger partial charge in [-0.05, 0) is 60.2 Å². The number of hydrogen-bond acceptors (Lipinski definition) is 6. The fourth-order valence-corrected chi connectivity index (χ4v) is 5.48. The van der Waals surface area contributed by atoms with Gasteiger partial charge in [0.15, 0.2) is 0 Å². The minimum absolute atomic E-state index is 0.0355. The molecule has 1 aromatic carbocycles. The van der Waals surface area contributed by atoms with Gasteiger partial charge in [0.05, 0.1) is 25.8 Å². The summed E-state index contributed by atoms with van der Waals surface area (Å²) in [6.07, 6.45) is -4.87. The first-order valence-electron chi connectivity index (χ1n) is 13.3. The van der Waals surface area contributed by atoms with Gasteiger partial charge in [0.25, 0.3) is 5.92 Å². The van der Waals surface area contributed by atoms with E-state index in [1.165, 1.54) is 9.80 Å². The summed E-state index contributed by atoms with van der Waals surface area (Å²) in [5.41, 5.74) is 8.57. The number of benzene rings is 1. The third-order valence-corrected chi connectivity index (χ3v) is 7.71. The van der Waals surface area contributed by atoms with Crippen molar-refractivity contribution in [2.75, 3.05) is 67.6 Å². The van der Waals surface area contributed by atoms with Gasteiger partial charge < -0.3 is 30.5 Å². The van der Waals surface area contributed by atoms with Crippen LogP contribution in [0.25, 0.3) is 11.1 Å². The maximum atomic E-state index is 14.3. The molecule has 0 bridgehead atoms. The first-order chi connectivity index (χ1) is 18.9. The van der Waals surface area contributed by atoms with E-state index in [2.05, 4.69) is 5.32 Å². The number of ether oxygens (including phenoxy) is 1. The Hall–Kier alpha value is -3.19. The molecule has 0 radical (unpaired) electrons. The number of aryl methyl sites for hydroxylation is 1. The number of rotatable bonds is 5. The van der Waals surface area contributed by atoms with Crippen LogP contribution in [0.15, 0.2) is 30.3 Å². The summed E-state index contributed by atoms with van der Waals surface area (Å²) in [6, 6.07) is 7.21. The molecule has 1 aromatic heterocycles. The Morgan fingerprint density at radius 1 is 1.10 bits per heavy atom. The number of alkyl halides is 5. The number of anilines is 3. The Morgan fingerprint density at radius 2 is 1.80 bits per heavy atom. The van der Waals surface area contributed by atoms with Crippen molar-refractivity contribution in [3.63, 3.8) is 0 Å². The summed E-state index contributed by atoms with van der Waals surface area (Å²) >= 11 is 0. The van der Waals surface area contributed by atoms with Crippen molar-refractivity contribution in [1.82, 2.24) is 9.88 Å². The number of halogens is 5. The summed E-state index contributed by atoms with van der Waals surface area (Å²) in [5, 5.41) is 2.81. The monoisotopic (exact) mass is 568 g/mol. The van der Waals surface area contributed by atoms with Crippen LogP contribution in [-0.2, 0) is 4.74 Å². The van der Waals surface area contributed by atoms with Crippen molar-refractivity contribution in [2.24, 2.45) is 11.7 Å². The molecule has 1 unspecified atom stereocenters. The van der Waals surface area contributed by atoms with Crippen molar-refractivity contribution in [3.05, 3.63) is 35.9 Å². The standard InChI is InChI=1S/C27H33F5N6O2/c1-17-2-3-20(34-25(39)37-5-4-18(14-37)13-27(30,31)32)12-21(17)19-10-23(36-6-8-40-9-7-36)35-24(11-19)38-15-22(33)26(28,29)16-38/h2-3,10-12,18,22H,4-9,13-16,33H2,1H3,(H,34,39)/t18?,22-/m1/s1. The molecule has 0 spiro atoms. The number of nitrogens with two attached hydrogens (primary N) is 1. The summed E-state index contributed by atoms with van der Waals surface area (Å²) in [4.78, 5) is 22.5. The third kappa shape index (κ3) is 6.41. The van der Waals surface area contributed by atoms with Gasteiger partial charge in [-0.25, -0.2) is 18.6 Å². The highest BCUT2D eigenvalue weighted by Crippen LogP contribution is 2.36. The van der Waals surface area contributed by atoms with E-state index in [1.54, 1.807) is 18.2 Å². The predicted molar refractivity (Wildman–Crippen MR) is 142 cm³/mol. The number of morpholine rings is 1. The van der Waals surface area contributed by atoms with E-state index < -0.39 is 43.1 Å². The molecule has 0 aliphatic carbocycles. The van der Waals surface area contributed by atoms with Gasteiger partial charge in [-0.1, -0.05) is 6.07 Å². The normalized spacial score (nSPS) is 23.1. The number of amides is 2. The highest BCUT2D eigenvalue weighted by molar-refractivity contribution is 5.91. The average Bonchev–Trinajstić information content (AvgIpc) is 3.47. The Balaban J connectivity index is 1.40. The largest absolute Gasteiger partial charge is 0.389 e. The molecule has 3 fully saturated rings. The number of nitrogens with one attached hydrogen (secondary N) is 1. The summed E-state index contributed by atoms with van der Waals surface area (Å²) in [7, 11) is 0. The number of nitrogens with zero attached hydrogens (tertiary/aromatic N) is 4. The van der Waals surface area contributed by atoms with E-state index in [9.17, 15) is 26.7 Å². The van der Waals surface area contributed by atoms with Crippen LogP contribution in [0, 0.1) is 12.8 Å². The van der Waals surface area contributed by atoms with Crippen molar-refractivity contribution < 1.29 is 31.5 Å². The second kappa shape index (κ2) is 11.0. The molecular formula is C27H33F5N6O2. The van der Waals surface area contributed by atoms with Gasteiger partial charge in [0.2, 0.25) is 0 Å². The van der Waals surface area contributed by atoms with Gasteiger partial charge in [0.1, 0.15) is 11.6 Å². The minimum Gasteiger partial charge on any atom is -0.378 e. The highest BCUT2D eigenvalue weighted by atomic mass is 19.4. The number of urea groups is 1. The molecule has 2 amide bonds. The van der Waals surface area contributed by atoms with E-state index in [0.717, 1.165) is 16.7 Å². The Bertz CT molecular complexity index is 1240. The van der Waals surface area contributed by atoms with E-state index in [1.807, 2.05) is 24.0 Å². The highest BCUT2D eigenvalue weighted by Gasteiger charge is 2.46. The van der Waals surface area contributed by atoms with Crippen LogP contribution >= 0.6 is 0 Å². The molecule has 2 atom stereocenters. The van der Waals surface area contributed by atoms with Crippen molar-refractivity contribution in [2.45, 2.75) is 37.9 Å². The number of carbonyl (C=O) groups excluding carboxylic acids is 1. The molecule has 3 saturated heterocycles. The lowest BCUT2D eigenvalue weighted by atomic mass is 10.00. The summed E-state index contributed by atoms with van der Waals surface area (Å²) in [5.74, 6) is -2.64. The molecule has 0 saturated carbocycles. The van der Waals surface area contributed by atoms with Crippen LogP contribution in [-0.4, -0.2) is 86.5 Å². The molecule has 4 heterocycles. The van der Waals surface area contributed by atoms with Crippen LogP contribution in [0.4, 0.5) is 44.1 Å². The quantitative estimate of drug-likeness (QED) is 0.518. The maximum absolute atomic E-state index is 14.3. The van der Waals surface area contributed by atoms with Crippen molar-refractivity contribution in [1.29, 1.82) is 0 Å². The molecule has 13 heteroatoms. The first-order valence-corrected chi connectivity index (χ1v) is 13.3. The van der Waals surface area contributed by atoms with Gasteiger partial charge in [-0.15, -0.1) is 0 Å². The van der Waals surface area contributed by atoms with Crippen LogP contribution in [0.2, 0.25) is 0 Å². The molecule has 5 rings (SSSR count). The minimum atomic E-state index is -4.26. The lowest BCUT2D eigenvalue weighted by Gasteiger charge is -2.29. The van der Waals surface area contributed by atoms with Gasteiger partial charge >= 0.3 is 12.2 Å². The SMILES string of the molecule is Cc1ccc(NC(=O)N2CCC(CC(F)(F)F)C2)cc1-c1cc(N2CCOCC2)nc(N2C[C@@H](N)C(F)(F)C2)c1. The van der Waals surface area contributed by atoms with Gasteiger partial charge in [-0.2, -0.15) is 13.2 Å². The fraction of sp³-hybridized carbons (Fsp3) is 0.556. The summed E-state index contributed by atoms with van der Waals surface area (Å²) in [6.45, 7) is 3.88. The molecular weight excluding hydrogens is 535 g/mol. The van der Waals surface area contributed by atoms with Crippen LogP contribution in [0.3, 0.4) is 0 Å². The average molecular weight is 569 g/mol. The third-order valence-electron chi connectivity index (χ3n) is 7.71. The van der Waals surface area contributed by atoms with E-state index >= 15 is 0 Å².